The van der Waals surface area contributed by atoms with Gasteiger partial charge in [-0.15, -0.1) is 0 Å². The molecule has 1 aromatic carbocycles. The van der Waals surface area contributed by atoms with Gasteiger partial charge in [0, 0.05) is 48.0 Å². The summed E-state index contributed by atoms with van der Waals surface area (Å²) < 4.78 is 16.3. The number of hydrogen-bond acceptors (Lipinski definition) is 4. The average Bonchev–Trinajstić information content (AvgIpc) is 3.22. The van der Waals surface area contributed by atoms with Crippen molar-refractivity contribution in [1.29, 1.82) is 0 Å². The maximum Gasteiger partial charge on any atom is 0.258 e. The summed E-state index contributed by atoms with van der Waals surface area (Å²) in [6.45, 7) is 1.88. The van der Waals surface area contributed by atoms with E-state index in [2.05, 4.69) is 20.2 Å². The smallest absolute Gasteiger partial charge is 0.258 e. The molecule has 152 valence electrons. The molecule has 30 heavy (non-hydrogen) atoms. The largest absolute Gasteiger partial charge is 0.353 e. The minimum Gasteiger partial charge on any atom is -0.353 e. The standard InChI is InChI=1S/C22H19ClFN5O/c1-28-8-9-29-20(12-28)19(27-18-5-7-26-21-14(18)4-6-25-21)11-16(22(29)30)15-10-13(23)2-3-17(15)24/h2-7,10-11H,8-9,12H2,1H3,(H2,25,26,27). The molecular formula is C22H19ClFN5O. The number of aromatic nitrogens is 3. The van der Waals surface area contributed by atoms with Crippen LogP contribution in [0.5, 0.6) is 0 Å². The number of anilines is 2. The van der Waals surface area contributed by atoms with Crippen LogP contribution in [0.3, 0.4) is 0 Å². The van der Waals surface area contributed by atoms with Gasteiger partial charge in [0.1, 0.15) is 11.5 Å². The van der Waals surface area contributed by atoms with Crippen molar-refractivity contribution in [2.24, 2.45) is 0 Å². The molecule has 0 spiro atoms. The van der Waals surface area contributed by atoms with Crippen LogP contribution in [0.25, 0.3) is 22.2 Å². The molecule has 3 aromatic heterocycles. The highest BCUT2D eigenvalue weighted by atomic mass is 35.5. The van der Waals surface area contributed by atoms with E-state index in [1.54, 1.807) is 16.8 Å². The number of hydrogen-bond donors (Lipinski definition) is 2. The average molecular weight is 424 g/mol. The number of benzene rings is 1. The molecular weight excluding hydrogens is 405 g/mol. The number of halogens is 2. The summed E-state index contributed by atoms with van der Waals surface area (Å²) in [5, 5.41) is 4.76. The predicted octanol–water partition coefficient (Wildman–Crippen LogP) is 4.37. The first kappa shape index (κ1) is 18.8. The maximum absolute atomic E-state index is 14.6. The van der Waals surface area contributed by atoms with Gasteiger partial charge in [0.05, 0.1) is 22.6 Å². The molecule has 6 nitrogen and oxygen atoms in total. The van der Waals surface area contributed by atoms with Gasteiger partial charge in [-0.05, 0) is 43.4 Å². The summed E-state index contributed by atoms with van der Waals surface area (Å²) in [6.07, 6.45) is 3.54. The van der Waals surface area contributed by atoms with Gasteiger partial charge in [-0.1, -0.05) is 11.6 Å². The van der Waals surface area contributed by atoms with Crippen LogP contribution in [0.2, 0.25) is 5.02 Å². The summed E-state index contributed by atoms with van der Waals surface area (Å²) in [5.74, 6) is -0.479. The van der Waals surface area contributed by atoms with Crippen molar-refractivity contribution < 1.29 is 4.39 Å². The third kappa shape index (κ3) is 3.16. The number of nitrogens with one attached hydrogen (secondary N) is 2. The Labute approximate surface area is 176 Å². The van der Waals surface area contributed by atoms with Gasteiger partial charge in [0.2, 0.25) is 0 Å². The van der Waals surface area contributed by atoms with Crippen LogP contribution in [0, 0.1) is 5.82 Å². The zero-order valence-electron chi connectivity index (χ0n) is 16.2. The fourth-order valence-corrected chi connectivity index (χ4v) is 4.11. The molecule has 1 aliphatic heterocycles. The van der Waals surface area contributed by atoms with Crippen molar-refractivity contribution in [3.05, 3.63) is 75.7 Å². The Morgan fingerprint density at radius 1 is 1.13 bits per heavy atom. The Balaban J connectivity index is 1.72. The van der Waals surface area contributed by atoms with Crippen LogP contribution < -0.4 is 10.9 Å². The highest BCUT2D eigenvalue weighted by Crippen LogP contribution is 2.32. The molecule has 2 N–H and O–H groups in total. The number of pyridine rings is 2. The number of nitrogens with zero attached hydrogens (tertiary/aromatic N) is 3. The predicted molar refractivity (Wildman–Crippen MR) is 117 cm³/mol. The molecule has 4 aromatic rings. The lowest BCUT2D eigenvalue weighted by molar-refractivity contribution is 0.266. The van der Waals surface area contributed by atoms with E-state index in [9.17, 15) is 9.18 Å². The second-order valence-corrected chi connectivity index (χ2v) is 7.90. The van der Waals surface area contributed by atoms with E-state index in [-0.39, 0.29) is 16.7 Å². The lowest BCUT2D eigenvalue weighted by Gasteiger charge is -2.29. The van der Waals surface area contributed by atoms with Crippen molar-refractivity contribution >= 4 is 34.0 Å². The van der Waals surface area contributed by atoms with Crippen LogP contribution in [-0.2, 0) is 13.1 Å². The van der Waals surface area contributed by atoms with Gasteiger partial charge in [-0.3, -0.25) is 9.69 Å². The summed E-state index contributed by atoms with van der Waals surface area (Å²) >= 11 is 6.10. The molecule has 0 saturated heterocycles. The molecule has 0 saturated carbocycles. The zero-order chi connectivity index (χ0) is 20.8. The quantitative estimate of drug-likeness (QED) is 0.513. The van der Waals surface area contributed by atoms with Gasteiger partial charge >= 0.3 is 0 Å². The Kier molecular flexibility index (Phi) is 4.56. The van der Waals surface area contributed by atoms with Crippen LogP contribution >= 0.6 is 11.6 Å². The molecule has 0 aliphatic carbocycles. The van der Waals surface area contributed by atoms with Crippen molar-refractivity contribution in [3.8, 4) is 11.1 Å². The first-order valence-electron chi connectivity index (χ1n) is 9.61. The minimum absolute atomic E-state index is 0.200. The Morgan fingerprint density at radius 2 is 2.00 bits per heavy atom. The van der Waals surface area contributed by atoms with Crippen molar-refractivity contribution in [2.45, 2.75) is 13.1 Å². The lowest BCUT2D eigenvalue weighted by atomic mass is 10.0. The molecule has 5 rings (SSSR count). The van der Waals surface area contributed by atoms with Gasteiger partial charge in [-0.2, -0.15) is 0 Å². The van der Waals surface area contributed by atoms with Crippen LogP contribution in [0.15, 0.2) is 53.6 Å². The van der Waals surface area contributed by atoms with Gasteiger partial charge in [-0.25, -0.2) is 9.37 Å². The highest BCUT2D eigenvalue weighted by molar-refractivity contribution is 6.30. The summed E-state index contributed by atoms with van der Waals surface area (Å²) in [4.78, 5) is 22.8. The summed E-state index contributed by atoms with van der Waals surface area (Å²) in [5.41, 5.74) is 3.50. The first-order chi connectivity index (χ1) is 14.5. The monoisotopic (exact) mass is 423 g/mol. The van der Waals surface area contributed by atoms with E-state index in [0.717, 1.165) is 34.6 Å². The van der Waals surface area contributed by atoms with E-state index >= 15 is 0 Å². The van der Waals surface area contributed by atoms with Crippen LogP contribution in [0.4, 0.5) is 15.8 Å². The summed E-state index contributed by atoms with van der Waals surface area (Å²) in [7, 11) is 2.01. The fourth-order valence-electron chi connectivity index (χ4n) is 3.94. The normalized spacial score (nSPS) is 14.1. The van der Waals surface area contributed by atoms with Crippen LogP contribution in [-0.4, -0.2) is 33.0 Å². The number of rotatable bonds is 3. The molecule has 0 unspecified atom stereocenters. The molecule has 0 atom stereocenters. The third-order valence-electron chi connectivity index (χ3n) is 5.47. The van der Waals surface area contributed by atoms with Crippen molar-refractivity contribution in [1.82, 2.24) is 19.4 Å². The van der Waals surface area contributed by atoms with E-state index in [1.165, 1.54) is 18.2 Å². The molecule has 0 radical (unpaired) electrons. The number of fused-ring (bicyclic) bond motifs is 2. The Morgan fingerprint density at radius 3 is 2.87 bits per heavy atom. The second kappa shape index (κ2) is 7.27. The summed E-state index contributed by atoms with van der Waals surface area (Å²) in [6, 6.07) is 9.80. The molecule has 0 bridgehead atoms. The fraction of sp³-hybridized carbons (Fsp3) is 0.182. The van der Waals surface area contributed by atoms with Gasteiger partial charge < -0.3 is 14.9 Å². The molecule has 8 heteroatoms. The SMILES string of the molecule is CN1CCn2c(c(Nc3ccnc4[nH]ccc34)cc(-c3cc(Cl)ccc3F)c2=O)C1. The van der Waals surface area contributed by atoms with Crippen LogP contribution in [0.1, 0.15) is 5.69 Å². The van der Waals surface area contributed by atoms with Crippen molar-refractivity contribution in [3.63, 3.8) is 0 Å². The maximum atomic E-state index is 14.6. The molecule has 1 aliphatic rings. The van der Waals surface area contributed by atoms with E-state index in [4.69, 9.17) is 11.6 Å². The lowest BCUT2D eigenvalue weighted by Crippen LogP contribution is -2.38. The number of aromatic amines is 1. The van der Waals surface area contributed by atoms with Crippen molar-refractivity contribution in [2.75, 3.05) is 18.9 Å². The van der Waals surface area contributed by atoms with E-state index < -0.39 is 5.82 Å². The third-order valence-corrected chi connectivity index (χ3v) is 5.71. The topological polar surface area (TPSA) is 66.0 Å². The second-order valence-electron chi connectivity index (χ2n) is 7.46. The first-order valence-corrected chi connectivity index (χ1v) is 9.99. The Hall–Kier alpha value is -3.16. The van der Waals surface area contributed by atoms with Gasteiger partial charge in [0.25, 0.3) is 5.56 Å². The Bertz CT molecular complexity index is 1330. The highest BCUT2D eigenvalue weighted by Gasteiger charge is 2.23. The minimum atomic E-state index is -0.479. The molecule has 4 heterocycles. The zero-order valence-corrected chi connectivity index (χ0v) is 17.0. The molecule has 0 fully saturated rings. The van der Waals surface area contributed by atoms with E-state index in [1.807, 2.05) is 25.4 Å². The number of likely N-dealkylation sites (N-methyl/N-ethyl adjacent to an activating group) is 1. The number of H-pyrrole nitrogens is 1. The van der Waals surface area contributed by atoms with Gasteiger partial charge in [0.15, 0.2) is 0 Å². The van der Waals surface area contributed by atoms with E-state index in [0.29, 0.717) is 18.1 Å². The molecule has 0 amide bonds.